The fourth-order valence-corrected chi connectivity index (χ4v) is 4.78. The Bertz CT molecular complexity index is 1090. The van der Waals surface area contributed by atoms with Crippen LogP contribution in [0.4, 0.5) is 5.69 Å². The Morgan fingerprint density at radius 2 is 1.87 bits per heavy atom. The molecule has 3 aromatic rings. The third kappa shape index (κ3) is 4.72. The van der Waals surface area contributed by atoms with Crippen LogP contribution < -0.4 is 4.74 Å². The van der Waals surface area contributed by atoms with E-state index < -0.39 is 4.92 Å². The normalized spacial score (nSPS) is 15.6. The monoisotopic (exact) mass is 434 g/mol. The van der Waals surface area contributed by atoms with Gasteiger partial charge in [-0.2, -0.15) is 0 Å². The Hall–Kier alpha value is -3.32. The van der Waals surface area contributed by atoms with Crippen LogP contribution in [0.5, 0.6) is 5.75 Å². The minimum absolute atomic E-state index is 0.0332. The molecule has 0 aliphatic carbocycles. The molecule has 158 valence electrons. The van der Waals surface area contributed by atoms with E-state index in [-0.39, 0.29) is 17.0 Å². The minimum Gasteiger partial charge on any atom is -0.489 e. The SMILES string of the molecule is Cc1ccc(C(=O)N2CCSC2c2ccc(OCc3ccccc3)cc2)cc1[N+](=O)[O-]. The molecule has 0 aromatic heterocycles. The molecule has 31 heavy (non-hydrogen) atoms. The van der Waals surface area contributed by atoms with E-state index in [1.54, 1.807) is 35.7 Å². The number of carbonyl (C=O) groups excluding carboxylic acids is 1. The first-order chi connectivity index (χ1) is 15.0. The molecule has 1 atom stereocenters. The van der Waals surface area contributed by atoms with Crippen LogP contribution in [0.2, 0.25) is 0 Å². The summed E-state index contributed by atoms with van der Waals surface area (Å²) in [6.07, 6.45) is 0. The van der Waals surface area contributed by atoms with Gasteiger partial charge in [0.2, 0.25) is 0 Å². The molecule has 4 rings (SSSR count). The van der Waals surface area contributed by atoms with Crippen LogP contribution in [-0.4, -0.2) is 28.0 Å². The van der Waals surface area contributed by atoms with Crippen molar-refractivity contribution >= 4 is 23.4 Å². The quantitative estimate of drug-likeness (QED) is 0.385. The van der Waals surface area contributed by atoms with Crippen LogP contribution in [-0.2, 0) is 6.61 Å². The predicted molar refractivity (Wildman–Crippen MR) is 121 cm³/mol. The molecule has 6 nitrogen and oxygen atoms in total. The lowest BCUT2D eigenvalue weighted by molar-refractivity contribution is -0.385. The molecular weight excluding hydrogens is 412 g/mol. The predicted octanol–water partition coefficient (Wildman–Crippen LogP) is 5.37. The number of benzene rings is 3. The minimum atomic E-state index is -0.448. The third-order valence-corrected chi connectivity index (χ3v) is 6.48. The molecule has 0 bridgehead atoms. The highest BCUT2D eigenvalue weighted by Crippen LogP contribution is 2.39. The van der Waals surface area contributed by atoms with E-state index in [4.69, 9.17) is 4.74 Å². The van der Waals surface area contributed by atoms with Gasteiger partial charge >= 0.3 is 0 Å². The van der Waals surface area contributed by atoms with Gasteiger partial charge in [-0.3, -0.25) is 14.9 Å². The molecule has 7 heteroatoms. The van der Waals surface area contributed by atoms with Crippen molar-refractivity contribution in [3.05, 3.63) is 105 Å². The first-order valence-electron chi connectivity index (χ1n) is 9.97. The Balaban J connectivity index is 1.47. The summed E-state index contributed by atoms with van der Waals surface area (Å²) >= 11 is 1.69. The van der Waals surface area contributed by atoms with Crippen LogP contribution in [0.3, 0.4) is 0 Å². The van der Waals surface area contributed by atoms with Gasteiger partial charge in [0.25, 0.3) is 11.6 Å². The number of amides is 1. The van der Waals surface area contributed by atoms with Crippen molar-refractivity contribution in [3.8, 4) is 5.75 Å². The zero-order chi connectivity index (χ0) is 21.8. The zero-order valence-corrected chi connectivity index (χ0v) is 17.9. The number of nitro groups is 1. The van der Waals surface area contributed by atoms with Gasteiger partial charge in [0.05, 0.1) is 4.92 Å². The first kappa shape index (κ1) is 20.9. The van der Waals surface area contributed by atoms with Crippen molar-refractivity contribution in [2.45, 2.75) is 18.9 Å². The van der Waals surface area contributed by atoms with E-state index in [0.29, 0.717) is 24.3 Å². The average molecular weight is 435 g/mol. The van der Waals surface area contributed by atoms with E-state index in [9.17, 15) is 14.9 Å². The Morgan fingerprint density at radius 1 is 1.13 bits per heavy atom. The first-order valence-corrected chi connectivity index (χ1v) is 11.0. The summed E-state index contributed by atoms with van der Waals surface area (Å²) in [4.78, 5) is 25.7. The van der Waals surface area contributed by atoms with Crippen LogP contribution in [0.25, 0.3) is 0 Å². The molecule has 1 unspecified atom stereocenters. The van der Waals surface area contributed by atoms with Crippen LogP contribution >= 0.6 is 11.8 Å². The van der Waals surface area contributed by atoms with Gasteiger partial charge in [-0.15, -0.1) is 11.8 Å². The van der Waals surface area contributed by atoms with Crippen molar-refractivity contribution in [1.82, 2.24) is 4.90 Å². The fraction of sp³-hybridized carbons (Fsp3) is 0.208. The summed E-state index contributed by atoms with van der Waals surface area (Å²) in [5, 5.41) is 11.1. The summed E-state index contributed by atoms with van der Waals surface area (Å²) in [5.41, 5.74) is 2.95. The summed E-state index contributed by atoms with van der Waals surface area (Å²) in [7, 11) is 0. The summed E-state index contributed by atoms with van der Waals surface area (Å²) in [5.74, 6) is 1.39. The lowest BCUT2D eigenvalue weighted by Gasteiger charge is -2.24. The summed E-state index contributed by atoms with van der Waals surface area (Å²) in [6.45, 7) is 2.76. The summed E-state index contributed by atoms with van der Waals surface area (Å²) < 4.78 is 5.85. The van der Waals surface area contributed by atoms with Crippen molar-refractivity contribution < 1.29 is 14.5 Å². The molecule has 1 saturated heterocycles. The largest absolute Gasteiger partial charge is 0.489 e. The Morgan fingerprint density at radius 3 is 2.58 bits per heavy atom. The number of nitro benzene ring substituents is 1. The maximum atomic E-state index is 13.1. The zero-order valence-electron chi connectivity index (χ0n) is 17.1. The molecule has 0 radical (unpaired) electrons. The molecule has 0 N–H and O–H groups in total. The van der Waals surface area contributed by atoms with Crippen molar-refractivity contribution in [2.24, 2.45) is 0 Å². The standard InChI is InChI=1S/C24H22N2O4S/c1-17-7-8-20(15-22(17)26(28)29)23(27)25-13-14-31-24(25)19-9-11-21(12-10-19)30-16-18-5-3-2-4-6-18/h2-12,15,24H,13-14,16H2,1H3. The molecule has 1 aliphatic rings. The van der Waals surface area contributed by atoms with E-state index >= 15 is 0 Å². The lowest BCUT2D eigenvalue weighted by atomic mass is 10.1. The summed E-state index contributed by atoms with van der Waals surface area (Å²) in [6, 6.07) is 22.4. The topological polar surface area (TPSA) is 72.7 Å². The highest BCUT2D eigenvalue weighted by Gasteiger charge is 2.32. The highest BCUT2D eigenvalue weighted by molar-refractivity contribution is 7.99. The second-order valence-electron chi connectivity index (χ2n) is 7.32. The molecular formula is C24H22N2O4S. The smallest absolute Gasteiger partial charge is 0.273 e. The van der Waals surface area contributed by atoms with Crippen LogP contribution in [0.1, 0.15) is 32.4 Å². The molecule has 1 amide bonds. The van der Waals surface area contributed by atoms with Gasteiger partial charge in [-0.05, 0) is 36.2 Å². The number of rotatable bonds is 6. The molecule has 0 spiro atoms. The maximum Gasteiger partial charge on any atom is 0.273 e. The van der Waals surface area contributed by atoms with Gasteiger partial charge in [-0.1, -0.05) is 48.5 Å². The average Bonchev–Trinajstić information content (AvgIpc) is 3.28. The Kier molecular flexibility index (Phi) is 6.23. The molecule has 3 aromatic carbocycles. The number of hydrogen-bond acceptors (Lipinski definition) is 5. The number of aryl methyl sites for hydroxylation is 1. The van der Waals surface area contributed by atoms with Crippen LogP contribution in [0.15, 0.2) is 72.8 Å². The van der Waals surface area contributed by atoms with Crippen molar-refractivity contribution in [1.29, 1.82) is 0 Å². The van der Waals surface area contributed by atoms with Crippen molar-refractivity contribution in [3.63, 3.8) is 0 Å². The van der Waals surface area contributed by atoms with Gasteiger partial charge in [0, 0.05) is 29.5 Å². The number of carbonyl (C=O) groups is 1. The van der Waals surface area contributed by atoms with Gasteiger partial charge in [0.15, 0.2) is 0 Å². The van der Waals surface area contributed by atoms with Gasteiger partial charge < -0.3 is 9.64 Å². The van der Waals surface area contributed by atoms with E-state index in [1.807, 2.05) is 54.6 Å². The molecule has 0 saturated carbocycles. The third-order valence-electron chi connectivity index (χ3n) is 5.22. The van der Waals surface area contributed by atoms with Crippen molar-refractivity contribution in [2.75, 3.05) is 12.3 Å². The highest BCUT2D eigenvalue weighted by atomic mass is 32.2. The van der Waals surface area contributed by atoms with E-state index in [1.165, 1.54) is 6.07 Å². The molecule has 1 heterocycles. The maximum absolute atomic E-state index is 13.1. The fourth-order valence-electron chi connectivity index (χ4n) is 3.53. The second-order valence-corrected chi connectivity index (χ2v) is 8.51. The second kappa shape index (κ2) is 9.22. The van der Waals surface area contributed by atoms with Gasteiger partial charge in [0.1, 0.15) is 17.7 Å². The number of ether oxygens (including phenoxy) is 1. The van der Waals surface area contributed by atoms with E-state index in [0.717, 1.165) is 22.6 Å². The van der Waals surface area contributed by atoms with Gasteiger partial charge in [-0.25, -0.2) is 0 Å². The number of hydrogen-bond donors (Lipinski definition) is 0. The number of thioether (sulfide) groups is 1. The Labute approximate surface area is 185 Å². The van der Waals surface area contributed by atoms with E-state index in [2.05, 4.69) is 0 Å². The molecule has 1 aliphatic heterocycles. The molecule has 1 fully saturated rings. The lowest BCUT2D eigenvalue weighted by Crippen LogP contribution is -2.30. The van der Waals surface area contributed by atoms with Crippen LogP contribution in [0, 0.1) is 17.0 Å². The number of nitrogens with zero attached hydrogens (tertiary/aromatic N) is 2.